The van der Waals surface area contributed by atoms with Crippen LogP contribution in [0.15, 0.2) is 49.1 Å². The number of ketones is 1. The van der Waals surface area contributed by atoms with Gasteiger partial charge in [-0.15, -0.1) is 0 Å². The Morgan fingerprint density at radius 2 is 1.75 bits per heavy atom. The van der Waals surface area contributed by atoms with E-state index in [0.29, 0.717) is 11.1 Å². The Bertz CT molecular complexity index is 629. The fraction of sp³-hybridized carbons (Fsp3) is 0.333. The van der Waals surface area contributed by atoms with E-state index >= 15 is 0 Å². The van der Waals surface area contributed by atoms with Crippen molar-refractivity contribution in [1.29, 1.82) is 0 Å². The first-order valence-corrected chi connectivity index (χ1v) is 7.46. The molecule has 1 fully saturated rings. The number of rotatable bonds is 7. The number of carbonyl (C=O) groups is 3. The minimum atomic E-state index is -0.804. The molecule has 0 amide bonds. The molecule has 24 heavy (non-hydrogen) atoms. The summed E-state index contributed by atoms with van der Waals surface area (Å²) >= 11 is 0. The average molecular weight is 331 g/mol. The topological polar surface area (TPSA) is 78.9 Å². The summed E-state index contributed by atoms with van der Waals surface area (Å²) in [5.41, 5.74) is 1.23. The van der Waals surface area contributed by atoms with Gasteiger partial charge < -0.3 is 14.2 Å². The molecule has 2 rings (SSSR count). The highest BCUT2D eigenvalue weighted by Crippen LogP contribution is 2.44. The Kier molecular flexibility index (Phi) is 5.51. The van der Waals surface area contributed by atoms with Gasteiger partial charge in [0.25, 0.3) is 0 Å². The van der Waals surface area contributed by atoms with E-state index in [9.17, 15) is 14.4 Å². The highest BCUT2D eigenvalue weighted by Gasteiger charge is 2.49. The third-order valence-corrected chi connectivity index (χ3v) is 3.94. The number of allylic oxidation sites excluding steroid dienone is 2. The first-order chi connectivity index (χ1) is 11.4. The first-order valence-electron chi connectivity index (χ1n) is 7.46. The van der Waals surface area contributed by atoms with Crippen molar-refractivity contribution in [2.45, 2.75) is 25.2 Å². The van der Waals surface area contributed by atoms with Crippen molar-refractivity contribution in [3.05, 3.63) is 55.5 Å². The molecule has 127 valence electrons. The van der Waals surface area contributed by atoms with Gasteiger partial charge in [0.15, 0.2) is 18.0 Å². The van der Waals surface area contributed by atoms with Crippen molar-refractivity contribution >= 4 is 17.7 Å². The van der Waals surface area contributed by atoms with E-state index < -0.39 is 30.1 Å². The van der Waals surface area contributed by atoms with Crippen LogP contribution in [0.25, 0.3) is 0 Å². The van der Waals surface area contributed by atoms with Gasteiger partial charge in [0.2, 0.25) is 0 Å². The molecule has 1 aliphatic carbocycles. The summed E-state index contributed by atoms with van der Waals surface area (Å²) in [4.78, 5) is 35.0. The molecule has 0 N–H and O–H groups in total. The molecule has 6 nitrogen and oxygen atoms in total. The molecular formula is C18H19O6. The highest BCUT2D eigenvalue weighted by molar-refractivity contribution is 6.11. The van der Waals surface area contributed by atoms with Crippen LogP contribution in [-0.4, -0.2) is 42.6 Å². The summed E-state index contributed by atoms with van der Waals surface area (Å²) < 4.78 is 16.3. The highest BCUT2D eigenvalue weighted by atomic mass is 16.6. The molecule has 0 saturated carbocycles. The lowest BCUT2D eigenvalue weighted by Crippen LogP contribution is -2.51. The van der Waals surface area contributed by atoms with Gasteiger partial charge in [-0.3, -0.25) is 4.79 Å². The quantitative estimate of drug-likeness (QED) is 0.519. The fourth-order valence-electron chi connectivity index (χ4n) is 2.72. The number of ether oxygens (including phenoxy) is 3. The molecular weight excluding hydrogens is 312 g/mol. The summed E-state index contributed by atoms with van der Waals surface area (Å²) in [5, 5.41) is 0. The maximum absolute atomic E-state index is 11.8. The zero-order valence-electron chi connectivity index (χ0n) is 13.4. The molecule has 1 heterocycles. The molecule has 0 aromatic heterocycles. The monoisotopic (exact) mass is 331 g/mol. The number of hydrogen-bond acceptors (Lipinski definition) is 6. The van der Waals surface area contributed by atoms with Crippen molar-refractivity contribution in [2.75, 3.05) is 6.61 Å². The van der Waals surface area contributed by atoms with E-state index in [-0.39, 0.29) is 18.5 Å². The molecule has 2 aliphatic rings. The number of hydrogen-bond donors (Lipinski definition) is 0. The smallest absolute Gasteiger partial charge is 0.330 e. The average Bonchev–Trinajstić information content (AvgIpc) is 3.36. The summed E-state index contributed by atoms with van der Waals surface area (Å²) in [6.45, 7) is 12.0. The lowest BCUT2D eigenvalue weighted by Gasteiger charge is -2.39. The second-order valence-electron chi connectivity index (χ2n) is 5.43. The number of carbonyl (C=O) groups excluding carboxylic acids is 3. The van der Waals surface area contributed by atoms with Crippen LogP contribution < -0.4 is 0 Å². The van der Waals surface area contributed by atoms with Crippen LogP contribution >= 0.6 is 0 Å². The van der Waals surface area contributed by atoms with E-state index in [1.807, 2.05) is 0 Å². The molecule has 1 saturated heterocycles. The minimum absolute atomic E-state index is 0.0738. The van der Waals surface area contributed by atoms with Gasteiger partial charge in [0.1, 0.15) is 0 Å². The maximum atomic E-state index is 11.8. The predicted molar refractivity (Wildman–Crippen MR) is 85.6 cm³/mol. The van der Waals surface area contributed by atoms with Crippen molar-refractivity contribution in [1.82, 2.24) is 0 Å². The van der Waals surface area contributed by atoms with Crippen LogP contribution in [0.4, 0.5) is 0 Å². The zero-order chi connectivity index (χ0) is 17.9. The van der Waals surface area contributed by atoms with Gasteiger partial charge in [-0.1, -0.05) is 19.7 Å². The van der Waals surface area contributed by atoms with Crippen molar-refractivity contribution in [3.8, 4) is 0 Å². The Hall–Kier alpha value is -2.47. The van der Waals surface area contributed by atoms with Gasteiger partial charge in [0.05, 0.1) is 12.7 Å². The van der Waals surface area contributed by atoms with Crippen LogP contribution in [0.1, 0.15) is 6.92 Å². The standard InChI is InChI=1S/C18H19O6/c1-5-13(19)11-8-12(11)17-10(4)22-9-14(23-15(20)6-2)18(17)24-16(21)7-3/h5-8,10,14,17-18H,1-3,9H2,4H3/t10?,14-,17+,18-/m1/s1. The first kappa shape index (κ1) is 17.9. The number of esters is 2. The lowest BCUT2D eigenvalue weighted by molar-refractivity contribution is -0.192. The zero-order valence-corrected chi connectivity index (χ0v) is 13.4. The summed E-state index contributed by atoms with van der Waals surface area (Å²) in [7, 11) is 0. The Balaban J connectivity index is 2.30. The van der Waals surface area contributed by atoms with E-state index in [2.05, 4.69) is 19.7 Å². The minimum Gasteiger partial charge on any atom is -0.454 e. The second-order valence-corrected chi connectivity index (χ2v) is 5.43. The fourth-order valence-corrected chi connectivity index (χ4v) is 2.72. The van der Waals surface area contributed by atoms with E-state index in [0.717, 1.165) is 12.2 Å². The van der Waals surface area contributed by atoms with Crippen molar-refractivity contribution < 1.29 is 28.6 Å². The van der Waals surface area contributed by atoms with Crippen LogP contribution in [0.3, 0.4) is 0 Å². The predicted octanol–water partition coefficient (Wildman–Crippen LogP) is 1.49. The molecule has 6 heteroatoms. The van der Waals surface area contributed by atoms with E-state index in [1.54, 1.807) is 13.3 Å². The SMILES string of the molecule is C=CC(=O)O[C@H]1[C@H](C2=C(C(=O)C=C)[CH]2)C(C)OC[C@H]1OC(=O)C=C. The van der Waals surface area contributed by atoms with Crippen molar-refractivity contribution in [3.63, 3.8) is 0 Å². The normalized spacial score (nSPS) is 28.5. The molecule has 1 unspecified atom stereocenters. The maximum Gasteiger partial charge on any atom is 0.330 e. The second kappa shape index (κ2) is 7.40. The molecule has 0 aromatic carbocycles. The molecule has 0 aromatic rings. The Morgan fingerprint density at radius 3 is 2.33 bits per heavy atom. The van der Waals surface area contributed by atoms with E-state index in [1.165, 1.54) is 6.08 Å². The summed E-state index contributed by atoms with van der Waals surface area (Å²) in [6.07, 6.45) is 3.05. The van der Waals surface area contributed by atoms with Gasteiger partial charge >= 0.3 is 11.9 Å². The molecule has 4 atom stereocenters. The molecule has 1 radical (unpaired) electrons. The third-order valence-electron chi connectivity index (χ3n) is 3.94. The lowest BCUT2D eigenvalue weighted by atomic mass is 9.87. The Morgan fingerprint density at radius 1 is 1.12 bits per heavy atom. The van der Waals surface area contributed by atoms with Gasteiger partial charge in [-0.2, -0.15) is 0 Å². The summed E-state index contributed by atoms with van der Waals surface area (Å²) in [6, 6.07) is 0. The van der Waals surface area contributed by atoms with Crippen molar-refractivity contribution in [2.24, 2.45) is 5.92 Å². The largest absolute Gasteiger partial charge is 0.454 e. The molecule has 0 spiro atoms. The van der Waals surface area contributed by atoms with Gasteiger partial charge in [-0.05, 0) is 18.6 Å². The van der Waals surface area contributed by atoms with Crippen LogP contribution in [0.2, 0.25) is 0 Å². The van der Waals surface area contributed by atoms with Crippen LogP contribution in [-0.2, 0) is 28.6 Å². The van der Waals surface area contributed by atoms with Crippen LogP contribution in [0, 0.1) is 12.3 Å². The summed E-state index contributed by atoms with van der Waals surface area (Å²) in [5.74, 6) is -1.93. The van der Waals surface area contributed by atoms with Gasteiger partial charge in [0, 0.05) is 30.1 Å². The van der Waals surface area contributed by atoms with Gasteiger partial charge in [-0.25, -0.2) is 9.59 Å². The van der Waals surface area contributed by atoms with Crippen LogP contribution in [0.5, 0.6) is 0 Å². The molecule has 0 bridgehead atoms. The molecule has 1 aliphatic heterocycles. The Labute approximate surface area is 140 Å². The third kappa shape index (κ3) is 3.71. The van der Waals surface area contributed by atoms with E-state index in [4.69, 9.17) is 14.2 Å².